The second-order valence-electron chi connectivity index (χ2n) is 7.56. The molecule has 0 amide bonds. The fourth-order valence-electron chi connectivity index (χ4n) is 3.90. The van der Waals surface area contributed by atoms with Crippen molar-refractivity contribution in [2.45, 2.75) is 38.5 Å². The summed E-state index contributed by atoms with van der Waals surface area (Å²) in [6, 6.07) is 6.35. The van der Waals surface area contributed by atoms with Gasteiger partial charge in [0, 0.05) is 25.6 Å². The molecule has 1 aromatic carbocycles. The summed E-state index contributed by atoms with van der Waals surface area (Å²) in [5.74, 6) is 0.759. The summed E-state index contributed by atoms with van der Waals surface area (Å²) in [5.41, 5.74) is 3.94. The highest BCUT2D eigenvalue weighted by molar-refractivity contribution is 5.91. The normalized spacial score (nSPS) is 18.1. The second-order valence-corrected chi connectivity index (χ2v) is 7.56. The number of fused-ring (bicyclic) bond motifs is 1. The fourth-order valence-corrected chi connectivity index (χ4v) is 3.90. The van der Waals surface area contributed by atoms with Gasteiger partial charge in [0.2, 0.25) is 5.88 Å². The number of nitrogens with one attached hydrogen (secondary N) is 1. The zero-order valence-corrected chi connectivity index (χ0v) is 17.4. The van der Waals surface area contributed by atoms with E-state index in [0.717, 1.165) is 66.0 Å². The van der Waals surface area contributed by atoms with Crippen molar-refractivity contribution >= 4 is 17.0 Å². The Hall–Kier alpha value is -2.64. The van der Waals surface area contributed by atoms with Gasteiger partial charge < -0.3 is 14.8 Å². The van der Waals surface area contributed by atoms with E-state index in [4.69, 9.17) is 14.6 Å². The molecule has 7 heteroatoms. The zero-order chi connectivity index (χ0) is 20.4. The third kappa shape index (κ3) is 3.80. The minimum atomic E-state index is -0.00882. The van der Waals surface area contributed by atoms with Gasteiger partial charge in [0.25, 0.3) is 0 Å². The van der Waals surface area contributed by atoms with Crippen LogP contribution in [0.5, 0.6) is 5.88 Å². The largest absolute Gasteiger partial charge is 0.473 e. The van der Waals surface area contributed by atoms with Crippen LogP contribution >= 0.6 is 0 Å². The lowest BCUT2D eigenvalue weighted by molar-refractivity contribution is -0.0367. The van der Waals surface area contributed by atoms with Crippen LogP contribution in [0.2, 0.25) is 0 Å². The lowest BCUT2D eigenvalue weighted by Gasteiger charge is -2.23. The smallest absolute Gasteiger partial charge is 0.219 e. The number of aryl methyl sites for hydroxylation is 1. The fraction of sp³-hybridized carbons (Fsp3) is 0.455. The Morgan fingerprint density at radius 1 is 1.41 bits per heavy atom. The molecule has 0 aliphatic carbocycles. The Labute approximate surface area is 171 Å². The first-order chi connectivity index (χ1) is 14.1. The van der Waals surface area contributed by atoms with E-state index in [1.165, 1.54) is 0 Å². The Bertz CT molecular complexity index is 1000. The average Bonchev–Trinajstić information content (AvgIpc) is 3.29. The summed E-state index contributed by atoms with van der Waals surface area (Å²) in [6.07, 6.45) is 6.95. The first-order valence-electron chi connectivity index (χ1n) is 10.2. The van der Waals surface area contributed by atoms with Gasteiger partial charge >= 0.3 is 0 Å². The molecule has 0 saturated carbocycles. The van der Waals surface area contributed by atoms with Gasteiger partial charge in [-0.2, -0.15) is 10.2 Å². The predicted molar refractivity (Wildman–Crippen MR) is 115 cm³/mol. The van der Waals surface area contributed by atoms with Crippen LogP contribution in [0.4, 0.5) is 0 Å². The molecular formula is C22H29N5O2. The second kappa shape index (κ2) is 8.39. The zero-order valence-electron chi connectivity index (χ0n) is 17.4. The van der Waals surface area contributed by atoms with E-state index in [2.05, 4.69) is 35.2 Å². The van der Waals surface area contributed by atoms with Crippen LogP contribution < -0.4 is 10.1 Å². The van der Waals surface area contributed by atoms with Gasteiger partial charge in [-0.25, -0.2) is 9.36 Å². The molecule has 3 heterocycles. The maximum absolute atomic E-state index is 6.16. The van der Waals surface area contributed by atoms with Crippen LogP contribution in [0.1, 0.15) is 38.1 Å². The Balaban J connectivity index is 1.74. The van der Waals surface area contributed by atoms with Gasteiger partial charge in [0.15, 0.2) is 6.23 Å². The molecule has 2 unspecified atom stereocenters. The van der Waals surface area contributed by atoms with Crippen molar-refractivity contribution in [3.63, 3.8) is 0 Å². The third-order valence-corrected chi connectivity index (χ3v) is 5.36. The summed E-state index contributed by atoms with van der Waals surface area (Å²) < 4.78 is 15.9. The molecule has 1 N–H and O–H groups in total. The van der Waals surface area contributed by atoms with Crippen molar-refractivity contribution in [3.8, 4) is 17.0 Å². The Morgan fingerprint density at radius 3 is 3.00 bits per heavy atom. The number of benzene rings is 1. The number of ether oxygens (including phenoxy) is 2. The summed E-state index contributed by atoms with van der Waals surface area (Å²) in [4.78, 5) is 0. The van der Waals surface area contributed by atoms with E-state index in [-0.39, 0.29) is 12.3 Å². The maximum Gasteiger partial charge on any atom is 0.219 e. The van der Waals surface area contributed by atoms with Crippen molar-refractivity contribution in [1.29, 1.82) is 0 Å². The van der Waals surface area contributed by atoms with Crippen LogP contribution in [0.25, 0.3) is 28.1 Å². The highest BCUT2D eigenvalue weighted by Crippen LogP contribution is 2.35. The molecular weight excluding hydrogens is 366 g/mol. The molecule has 0 bridgehead atoms. The van der Waals surface area contributed by atoms with Crippen molar-refractivity contribution in [1.82, 2.24) is 24.9 Å². The van der Waals surface area contributed by atoms with E-state index in [0.29, 0.717) is 0 Å². The summed E-state index contributed by atoms with van der Waals surface area (Å²) in [6.45, 7) is 7.55. The summed E-state index contributed by atoms with van der Waals surface area (Å²) in [5, 5.41) is 13.4. The van der Waals surface area contributed by atoms with Gasteiger partial charge in [0.1, 0.15) is 6.10 Å². The molecule has 3 aromatic rings. The van der Waals surface area contributed by atoms with Gasteiger partial charge in [0.05, 0.1) is 23.0 Å². The predicted octanol–water partition coefficient (Wildman–Crippen LogP) is 3.77. The van der Waals surface area contributed by atoms with Gasteiger partial charge in [-0.05, 0) is 57.0 Å². The number of aromatic nitrogens is 4. The SMILES string of the molecule is C=Cc1nn(C2CCCCO2)c2ccc(-c3cnn(C)c3OC(C)CNC)cc12. The van der Waals surface area contributed by atoms with Gasteiger partial charge in [-0.3, -0.25) is 0 Å². The molecule has 1 aliphatic rings. The highest BCUT2D eigenvalue weighted by Gasteiger charge is 2.22. The molecule has 1 aliphatic heterocycles. The van der Waals surface area contributed by atoms with Crippen molar-refractivity contribution in [3.05, 3.63) is 36.7 Å². The first kappa shape index (κ1) is 19.7. The molecule has 154 valence electrons. The molecule has 1 fully saturated rings. The van der Waals surface area contributed by atoms with E-state index in [9.17, 15) is 0 Å². The van der Waals surface area contributed by atoms with E-state index in [1.807, 2.05) is 31.9 Å². The molecule has 2 atom stereocenters. The molecule has 1 saturated heterocycles. The topological polar surface area (TPSA) is 66.1 Å². The van der Waals surface area contributed by atoms with E-state index < -0.39 is 0 Å². The van der Waals surface area contributed by atoms with E-state index >= 15 is 0 Å². The monoisotopic (exact) mass is 395 g/mol. The standard InChI is InChI=1S/C22H29N5O2/c1-5-19-17-12-16(18-14-24-26(4)22(18)29-15(2)13-23-3)9-10-20(17)27(25-19)21-8-6-7-11-28-21/h5,9-10,12,14-15,21,23H,1,6-8,11,13H2,2-4H3. The minimum Gasteiger partial charge on any atom is -0.473 e. The van der Waals surface area contributed by atoms with Crippen LogP contribution in [0.3, 0.4) is 0 Å². The number of nitrogens with zero attached hydrogens (tertiary/aromatic N) is 4. The molecule has 7 nitrogen and oxygen atoms in total. The van der Waals surface area contributed by atoms with E-state index in [1.54, 1.807) is 10.8 Å². The molecule has 2 aromatic heterocycles. The third-order valence-electron chi connectivity index (χ3n) is 5.36. The number of hydrogen-bond acceptors (Lipinski definition) is 5. The van der Waals surface area contributed by atoms with Crippen LogP contribution in [0, 0.1) is 0 Å². The van der Waals surface area contributed by atoms with Crippen LogP contribution in [0.15, 0.2) is 31.0 Å². The van der Waals surface area contributed by atoms with Crippen molar-refractivity contribution in [2.24, 2.45) is 7.05 Å². The number of likely N-dealkylation sites (N-methyl/N-ethyl adjacent to an activating group) is 1. The maximum atomic E-state index is 6.16. The number of rotatable bonds is 7. The highest BCUT2D eigenvalue weighted by atomic mass is 16.5. The molecule has 0 radical (unpaired) electrons. The Kier molecular flexibility index (Phi) is 5.69. The van der Waals surface area contributed by atoms with Gasteiger partial charge in [-0.1, -0.05) is 12.6 Å². The minimum absolute atomic E-state index is 0.00882. The van der Waals surface area contributed by atoms with Crippen molar-refractivity contribution in [2.75, 3.05) is 20.2 Å². The van der Waals surface area contributed by atoms with Crippen LogP contribution in [-0.4, -0.2) is 45.9 Å². The first-order valence-corrected chi connectivity index (χ1v) is 10.2. The summed E-state index contributed by atoms with van der Waals surface area (Å²) >= 11 is 0. The lowest BCUT2D eigenvalue weighted by atomic mass is 10.1. The van der Waals surface area contributed by atoms with Crippen molar-refractivity contribution < 1.29 is 9.47 Å². The van der Waals surface area contributed by atoms with Crippen LogP contribution in [-0.2, 0) is 11.8 Å². The molecule has 4 rings (SSSR count). The quantitative estimate of drug-likeness (QED) is 0.660. The Morgan fingerprint density at radius 2 is 2.28 bits per heavy atom. The number of hydrogen-bond donors (Lipinski definition) is 1. The molecule has 29 heavy (non-hydrogen) atoms. The molecule has 0 spiro atoms. The average molecular weight is 396 g/mol. The summed E-state index contributed by atoms with van der Waals surface area (Å²) in [7, 11) is 3.82. The van der Waals surface area contributed by atoms with Gasteiger partial charge in [-0.15, -0.1) is 0 Å². The lowest BCUT2D eigenvalue weighted by Crippen LogP contribution is -2.26.